The van der Waals surface area contributed by atoms with Crippen molar-refractivity contribution in [3.8, 4) is 5.75 Å². The Hall–Kier alpha value is -2.04. The van der Waals surface area contributed by atoms with Gasteiger partial charge in [-0.3, -0.25) is 9.59 Å². The molecule has 2 amide bonds. The van der Waals surface area contributed by atoms with Gasteiger partial charge in [-0.05, 0) is 31.9 Å². The number of hydrogen-bond donors (Lipinski definition) is 1. The number of ether oxygens (including phenoxy) is 1. The molecule has 0 bridgehead atoms. The first-order chi connectivity index (χ1) is 10.5. The summed E-state index contributed by atoms with van der Waals surface area (Å²) >= 11 is 0. The van der Waals surface area contributed by atoms with Crippen LogP contribution in [0.2, 0.25) is 0 Å². The zero-order chi connectivity index (χ0) is 16.1. The van der Waals surface area contributed by atoms with Gasteiger partial charge in [-0.2, -0.15) is 0 Å². The lowest BCUT2D eigenvalue weighted by Crippen LogP contribution is -2.44. The number of nitrogens with two attached hydrogens (primary N) is 1. The maximum Gasteiger partial charge on any atom is 0.263 e. The van der Waals surface area contributed by atoms with Gasteiger partial charge >= 0.3 is 0 Å². The van der Waals surface area contributed by atoms with Crippen LogP contribution in [0.4, 0.5) is 0 Å². The second-order valence-electron chi connectivity index (χ2n) is 5.86. The van der Waals surface area contributed by atoms with Crippen LogP contribution in [0.5, 0.6) is 5.75 Å². The fourth-order valence-corrected chi connectivity index (χ4v) is 2.95. The molecule has 1 saturated carbocycles. The molecule has 0 saturated heterocycles. The van der Waals surface area contributed by atoms with Crippen LogP contribution >= 0.6 is 0 Å². The van der Waals surface area contributed by atoms with Crippen molar-refractivity contribution in [3.63, 3.8) is 0 Å². The van der Waals surface area contributed by atoms with Crippen LogP contribution in [0, 0.1) is 0 Å². The number of rotatable bonds is 5. The molecule has 0 aliphatic heterocycles. The molecule has 1 aliphatic rings. The predicted octanol–water partition coefficient (Wildman–Crippen LogP) is 2.34. The van der Waals surface area contributed by atoms with Gasteiger partial charge in [-0.25, -0.2) is 0 Å². The number of carbonyl (C=O) groups is 2. The van der Waals surface area contributed by atoms with Crippen molar-refractivity contribution in [2.75, 3.05) is 7.05 Å². The second kappa shape index (κ2) is 7.29. The first kappa shape index (κ1) is 16.3. The SMILES string of the molecule is C[C@H](Oc1ccccc1C(N)=O)C(=O)N(C)C1CCCCC1. The lowest BCUT2D eigenvalue weighted by Gasteiger charge is -2.33. The van der Waals surface area contributed by atoms with E-state index in [9.17, 15) is 9.59 Å². The lowest BCUT2D eigenvalue weighted by molar-refractivity contribution is -0.139. The number of hydrogen-bond acceptors (Lipinski definition) is 3. The summed E-state index contributed by atoms with van der Waals surface area (Å²) in [5.41, 5.74) is 5.62. The van der Waals surface area contributed by atoms with Gasteiger partial charge in [-0.15, -0.1) is 0 Å². The molecule has 0 spiro atoms. The third-order valence-electron chi connectivity index (χ3n) is 4.27. The average molecular weight is 304 g/mol. The highest BCUT2D eigenvalue weighted by atomic mass is 16.5. The molecule has 0 heterocycles. The van der Waals surface area contributed by atoms with Gasteiger partial charge in [0.1, 0.15) is 5.75 Å². The van der Waals surface area contributed by atoms with Gasteiger partial charge in [0.2, 0.25) is 0 Å². The number of carbonyl (C=O) groups excluding carboxylic acids is 2. The van der Waals surface area contributed by atoms with E-state index in [0.717, 1.165) is 12.8 Å². The Kier molecular flexibility index (Phi) is 5.41. The van der Waals surface area contributed by atoms with Crippen LogP contribution in [0.3, 0.4) is 0 Å². The lowest BCUT2D eigenvalue weighted by atomic mass is 9.94. The molecule has 0 aromatic heterocycles. The minimum absolute atomic E-state index is 0.0637. The molecular formula is C17H24N2O3. The van der Waals surface area contributed by atoms with Crippen LogP contribution in [0.15, 0.2) is 24.3 Å². The predicted molar refractivity (Wildman–Crippen MR) is 84.7 cm³/mol. The number of likely N-dealkylation sites (N-methyl/N-ethyl adjacent to an activating group) is 1. The summed E-state index contributed by atoms with van der Waals surface area (Å²) in [6.07, 6.45) is 5.03. The number of primary amides is 1. The minimum atomic E-state index is -0.646. The zero-order valence-electron chi connectivity index (χ0n) is 13.2. The molecule has 0 radical (unpaired) electrons. The quantitative estimate of drug-likeness (QED) is 0.907. The number of amides is 2. The van der Waals surface area contributed by atoms with Gasteiger partial charge in [0, 0.05) is 13.1 Å². The molecule has 1 atom stereocenters. The molecule has 5 nitrogen and oxygen atoms in total. The Morgan fingerprint density at radius 1 is 1.23 bits per heavy atom. The van der Waals surface area contributed by atoms with Gasteiger partial charge in [-0.1, -0.05) is 31.4 Å². The summed E-state index contributed by atoms with van der Waals surface area (Å²) in [5.74, 6) is -0.269. The second-order valence-corrected chi connectivity index (χ2v) is 5.86. The van der Waals surface area contributed by atoms with E-state index in [1.165, 1.54) is 19.3 Å². The van der Waals surface area contributed by atoms with Crippen molar-refractivity contribution in [1.82, 2.24) is 4.90 Å². The normalized spacial score (nSPS) is 16.8. The number of benzene rings is 1. The highest BCUT2D eigenvalue weighted by molar-refractivity contribution is 5.95. The molecule has 1 aliphatic carbocycles. The summed E-state index contributed by atoms with van der Waals surface area (Å²) in [5, 5.41) is 0. The molecule has 5 heteroatoms. The van der Waals surface area contributed by atoms with Gasteiger partial charge in [0.15, 0.2) is 6.10 Å². The van der Waals surface area contributed by atoms with E-state index >= 15 is 0 Å². The molecular weight excluding hydrogens is 280 g/mol. The third kappa shape index (κ3) is 3.78. The molecule has 22 heavy (non-hydrogen) atoms. The van der Waals surface area contributed by atoms with Crippen molar-refractivity contribution in [2.24, 2.45) is 5.73 Å². The van der Waals surface area contributed by atoms with Crippen molar-refractivity contribution < 1.29 is 14.3 Å². The van der Waals surface area contributed by atoms with Gasteiger partial charge in [0.25, 0.3) is 11.8 Å². The van der Waals surface area contributed by atoms with Crippen LogP contribution in [0.1, 0.15) is 49.4 Å². The van der Waals surface area contributed by atoms with Gasteiger partial charge < -0.3 is 15.4 Å². The highest BCUT2D eigenvalue weighted by Gasteiger charge is 2.27. The molecule has 0 unspecified atom stereocenters. The molecule has 120 valence electrons. The van der Waals surface area contributed by atoms with E-state index in [1.54, 1.807) is 36.1 Å². The monoisotopic (exact) mass is 304 g/mol. The van der Waals surface area contributed by atoms with E-state index in [-0.39, 0.29) is 5.91 Å². The van der Waals surface area contributed by atoms with Crippen molar-refractivity contribution in [1.29, 1.82) is 0 Å². The highest BCUT2D eigenvalue weighted by Crippen LogP contribution is 2.23. The fraction of sp³-hybridized carbons (Fsp3) is 0.529. The van der Waals surface area contributed by atoms with E-state index in [4.69, 9.17) is 10.5 Å². The zero-order valence-corrected chi connectivity index (χ0v) is 13.2. The summed E-state index contributed by atoms with van der Waals surface area (Å²) in [4.78, 5) is 25.7. The molecule has 1 aromatic rings. The first-order valence-corrected chi connectivity index (χ1v) is 7.83. The van der Waals surface area contributed by atoms with Crippen molar-refractivity contribution in [2.45, 2.75) is 51.2 Å². The smallest absolute Gasteiger partial charge is 0.263 e. The maximum absolute atomic E-state index is 12.5. The number of nitrogens with zero attached hydrogens (tertiary/aromatic N) is 1. The third-order valence-corrected chi connectivity index (χ3v) is 4.27. The Morgan fingerprint density at radius 3 is 2.50 bits per heavy atom. The average Bonchev–Trinajstić information content (AvgIpc) is 2.54. The van der Waals surface area contributed by atoms with E-state index in [0.29, 0.717) is 17.4 Å². The topological polar surface area (TPSA) is 72.6 Å². The Morgan fingerprint density at radius 2 is 1.86 bits per heavy atom. The van der Waals surface area contributed by atoms with E-state index in [2.05, 4.69) is 0 Å². The first-order valence-electron chi connectivity index (χ1n) is 7.83. The van der Waals surface area contributed by atoms with E-state index < -0.39 is 12.0 Å². The van der Waals surface area contributed by atoms with Crippen LogP contribution in [-0.2, 0) is 4.79 Å². The Labute approximate surface area is 131 Å². The molecule has 1 aromatic carbocycles. The van der Waals surface area contributed by atoms with Crippen molar-refractivity contribution >= 4 is 11.8 Å². The van der Waals surface area contributed by atoms with Gasteiger partial charge in [0.05, 0.1) is 5.56 Å². The number of para-hydroxylation sites is 1. The van der Waals surface area contributed by atoms with Crippen LogP contribution in [0.25, 0.3) is 0 Å². The summed E-state index contributed by atoms with van der Waals surface area (Å²) in [6, 6.07) is 7.01. The van der Waals surface area contributed by atoms with E-state index in [1.807, 2.05) is 7.05 Å². The standard InChI is InChI=1S/C17H24N2O3/c1-12(17(21)19(2)13-8-4-3-5-9-13)22-15-11-7-6-10-14(15)16(18)20/h6-7,10-13H,3-5,8-9H2,1-2H3,(H2,18,20)/t12-/m0/s1. The fourth-order valence-electron chi connectivity index (χ4n) is 2.95. The molecule has 2 rings (SSSR count). The van der Waals surface area contributed by atoms with Crippen LogP contribution in [-0.4, -0.2) is 35.9 Å². The Bertz CT molecular complexity index is 538. The largest absolute Gasteiger partial charge is 0.480 e. The Balaban J connectivity index is 2.03. The minimum Gasteiger partial charge on any atom is -0.480 e. The summed E-state index contributed by atoms with van der Waals surface area (Å²) in [6.45, 7) is 1.71. The van der Waals surface area contributed by atoms with Crippen molar-refractivity contribution in [3.05, 3.63) is 29.8 Å². The van der Waals surface area contributed by atoms with Crippen LogP contribution < -0.4 is 10.5 Å². The summed E-state index contributed by atoms with van der Waals surface area (Å²) in [7, 11) is 1.83. The molecule has 1 fully saturated rings. The molecule has 2 N–H and O–H groups in total. The summed E-state index contributed by atoms with van der Waals surface area (Å²) < 4.78 is 5.69. The maximum atomic E-state index is 12.5.